The summed E-state index contributed by atoms with van der Waals surface area (Å²) in [5.41, 5.74) is 8.46. The highest BCUT2D eigenvalue weighted by molar-refractivity contribution is 7.98. The van der Waals surface area contributed by atoms with Crippen LogP contribution in [0.5, 0.6) is 0 Å². The highest BCUT2D eigenvalue weighted by Crippen LogP contribution is 2.18. The Morgan fingerprint density at radius 1 is 1.23 bits per heavy atom. The Morgan fingerprint density at radius 2 is 1.97 bits per heavy atom. The molecule has 0 aliphatic carbocycles. The number of nitrogens with two attached hydrogens (primary N) is 1. The Labute approximate surface area is 177 Å². The van der Waals surface area contributed by atoms with E-state index in [-0.39, 0.29) is 5.56 Å². The fourth-order valence-electron chi connectivity index (χ4n) is 3.28. The highest BCUT2D eigenvalue weighted by atomic mass is 32.2. The SMILES string of the molecule is CSCCC(NC(=O)c1ccc(CCc2c[nH]c3cc(N)[nH]c(=O)c23)cc1)C(=O)O. The van der Waals surface area contributed by atoms with E-state index in [1.807, 2.05) is 24.6 Å². The minimum absolute atomic E-state index is 0.220. The van der Waals surface area contributed by atoms with E-state index in [2.05, 4.69) is 15.3 Å². The van der Waals surface area contributed by atoms with Gasteiger partial charge in [0.1, 0.15) is 11.9 Å². The van der Waals surface area contributed by atoms with Gasteiger partial charge in [0.25, 0.3) is 11.5 Å². The van der Waals surface area contributed by atoms with Gasteiger partial charge in [-0.2, -0.15) is 11.8 Å². The summed E-state index contributed by atoms with van der Waals surface area (Å²) in [6, 6.07) is 7.82. The standard InChI is InChI=1S/C21H24N4O4S/c1-30-9-8-15(21(28)29)24-19(26)13-5-2-12(3-6-13)4-7-14-11-23-16-10-17(22)25-20(27)18(14)16/h2-3,5-6,10-11,15,23H,4,7-9H2,1H3,(H,24,26)(H,28,29)(H3,22,25,27). The lowest BCUT2D eigenvalue weighted by Crippen LogP contribution is -2.41. The van der Waals surface area contributed by atoms with E-state index in [9.17, 15) is 19.5 Å². The molecular formula is C21H24N4O4S. The van der Waals surface area contributed by atoms with E-state index < -0.39 is 17.9 Å². The third kappa shape index (κ3) is 5.04. The van der Waals surface area contributed by atoms with Crippen LogP contribution in [-0.4, -0.2) is 45.0 Å². The number of carbonyl (C=O) groups is 2. The van der Waals surface area contributed by atoms with Gasteiger partial charge in [0.15, 0.2) is 0 Å². The van der Waals surface area contributed by atoms with Gasteiger partial charge in [0.2, 0.25) is 0 Å². The second kappa shape index (κ2) is 9.53. The maximum absolute atomic E-state index is 12.4. The van der Waals surface area contributed by atoms with Gasteiger partial charge in [-0.05, 0) is 54.5 Å². The summed E-state index contributed by atoms with van der Waals surface area (Å²) in [6.07, 6.45) is 5.40. The molecule has 2 heterocycles. The largest absolute Gasteiger partial charge is 0.480 e. The molecule has 1 amide bonds. The Balaban J connectivity index is 1.64. The number of H-pyrrole nitrogens is 2. The molecule has 3 aromatic rings. The number of amides is 1. The van der Waals surface area contributed by atoms with Crippen LogP contribution in [0, 0.1) is 0 Å². The number of hydrogen-bond donors (Lipinski definition) is 5. The summed E-state index contributed by atoms with van der Waals surface area (Å²) < 4.78 is 0. The van der Waals surface area contributed by atoms with Crippen LogP contribution in [0.2, 0.25) is 0 Å². The molecule has 6 N–H and O–H groups in total. The van der Waals surface area contributed by atoms with Crippen molar-refractivity contribution in [3.05, 3.63) is 63.6 Å². The maximum Gasteiger partial charge on any atom is 0.326 e. The second-order valence-electron chi connectivity index (χ2n) is 7.00. The Hall–Kier alpha value is -3.20. The molecule has 3 rings (SSSR count). The third-order valence-electron chi connectivity index (χ3n) is 4.89. The Kier molecular flexibility index (Phi) is 6.83. The number of nitrogens with one attached hydrogen (secondary N) is 3. The molecule has 0 spiro atoms. The quantitative estimate of drug-likeness (QED) is 0.354. The first-order valence-electron chi connectivity index (χ1n) is 9.49. The van der Waals surface area contributed by atoms with Crippen molar-refractivity contribution in [2.75, 3.05) is 17.7 Å². The summed E-state index contributed by atoms with van der Waals surface area (Å²) in [5, 5.41) is 12.4. The number of carboxylic acids is 1. The number of benzene rings is 1. The number of nitrogen functional groups attached to an aromatic ring is 1. The summed E-state index contributed by atoms with van der Waals surface area (Å²) in [4.78, 5) is 41.5. The first-order valence-corrected chi connectivity index (χ1v) is 10.9. The number of aromatic nitrogens is 2. The summed E-state index contributed by atoms with van der Waals surface area (Å²) in [6.45, 7) is 0. The number of carboxylic acid groups (broad SMARTS) is 1. The van der Waals surface area contributed by atoms with Crippen molar-refractivity contribution in [2.24, 2.45) is 0 Å². The molecule has 8 nitrogen and oxygen atoms in total. The number of aliphatic carboxylic acids is 1. The fourth-order valence-corrected chi connectivity index (χ4v) is 3.75. The van der Waals surface area contributed by atoms with E-state index >= 15 is 0 Å². The van der Waals surface area contributed by atoms with Gasteiger partial charge in [-0.15, -0.1) is 0 Å². The number of anilines is 1. The van der Waals surface area contributed by atoms with E-state index in [0.717, 1.165) is 11.1 Å². The maximum atomic E-state index is 12.4. The van der Waals surface area contributed by atoms with Crippen LogP contribution in [-0.2, 0) is 17.6 Å². The smallest absolute Gasteiger partial charge is 0.326 e. The zero-order valence-electron chi connectivity index (χ0n) is 16.5. The van der Waals surface area contributed by atoms with Gasteiger partial charge in [-0.25, -0.2) is 4.79 Å². The molecule has 0 fully saturated rings. The molecule has 0 radical (unpaired) electrons. The van der Waals surface area contributed by atoms with Crippen molar-refractivity contribution < 1.29 is 14.7 Å². The molecule has 0 saturated carbocycles. The topological polar surface area (TPSA) is 141 Å². The van der Waals surface area contributed by atoms with Crippen molar-refractivity contribution in [2.45, 2.75) is 25.3 Å². The number of rotatable bonds is 9. The van der Waals surface area contributed by atoms with Crippen molar-refractivity contribution in [1.29, 1.82) is 0 Å². The number of hydrogen-bond acceptors (Lipinski definition) is 5. The first-order chi connectivity index (χ1) is 14.4. The predicted octanol–water partition coefficient (Wildman–Crippen LogP) is 2.16. The van der Waals surface area contributed by atoms with Gasteiger partial charge in [-0.1, -0.05) is 12.1 Å². The number of carbonyl (C=O) groups excluding carboxylic acids is 1. The number of pyridine rings is 1. The minimum atomic E-state index is -1.04. The van der Waals surface area contributed by atoms with Crippen molar-refractivity contribution >= 4 is 40.4 Å². The molecule has 1 aromatic carbocycles. The third-order valence-corrected chi connectivity index (χ3v) is 5.53. The van der Waals surface area contributed by atoms with Gasteiger partial charge >= 0.3 is 5.97 Å². The summed E-state index contributed by atoms with van der Waals surface area (Å²) in [5.74, 6) is -0.479. The Bertz CT molecular complexity index is 1100. The van der Waals surface area contributed by atoms with Crippen LogP contribution < -0.4 is 16.6 Å². The molecule has 0 saturated heterocycles. The number of thioether (sulfide) groups is 1. The monoisotopic (exact) mass is 428 g/mol. The average Bonchev–Trinajstić information content (AvgIpc) is 3.12. The van der Waals surface area contributed by atoms with Crippen molar-refractivity contribution in [1.82, 2.24) is 15.3 Å². The van der Waals surface area contributed by atoms with Crippen molar-refractivity contribution in [3.63, 3.8) is 0 Å². The molecule has 0 bridgehead atoms. The molecule has 0 aliphatic heterocycles. The van der Waals surface area contributed by atoms with Crippen LogP contribution >= 0.6 is 11.8 Å². The molecule has 30 heavy (non-hydrogen) atoms. The summed E-state index contributed by atoms with van der Waals surface area (Å²) in [7, 11) is 0. The number of fused-ring (bicyclic) bond motifs is 1. The average molecular weight is 429 g/mol. The Morgan fingerprint density at radius 3 is 2.63 bits per heavy atom. The lowest BCUT2D eigenvalue weighted by Gasteiger charge is -2.14. The van der Waals surface area contributed by atoms with Gasteiger partial charge in [0.05, 0.1) is 10.9 Å². The lowest BCUT2D eigenvalue weighted by molar-refractivity contribution is -0.139. The molecule has 0 aliphatic rings. The van der Waals surface area contributed by atoms with Gasteiger partial charge < -0.3 is 26.1 Å². The van der Waals surface area contributed by atoms with Crippen LogP contribution in [0.25, 0.3) is 10.9 Å². The second-order valence-corrected chi connectivity index (χ2v) is 7.98. The van der Waals surface area contributed by atoms with Crippen LogP contribution in [0.15, 0.2) is 41.3 Å². The van der Waals surface area contributed by atoms with E-state index in [1.54, 1.807) is 18.2 Å². The van der Waals surface area contributed by atoms with Crippen molar-refractivity contribution in [3.8, 4) is 0 Å². The predicted molar refractivity (Wildman–Crippen MR) is 119 cm³/mol. The lowest BCUT2D eigenvalue weighted by atomic mass is 10.0. The normalized spacial score (nSPS) is 12.0. The van der Waals surface area contributed by atoms with Crippen LogP contribution in [0.4, 0.5) is 5.82 Å². The zero-order valence-corrected chi connectivity index (χ0v) is 17.3. The first kappa shape index (κ1) is 21.5. The van der Waals surface area contributed by atoms with E-state index in [4.69, 9.17) is 5.73 Å². The molecule has 1 atom stereocenters. The van der Waals surface area contributed by atoms with E-state index in [1.165, 1.54) is 11.8 Å². The van der Waals surface area contributed by atoms with E-state index in [0.29, 0.717) is 47.3 Å². The highest BCUT2D eigenvalue weighted by Gasteiger charge is 2.20. The molecule has 2 aromatic heterocycles. The van der Waals surface area contributed by atoms with Gasteiger partial charge in [-0.3, -0.25) is 9.59 Å². The zero-order chi connectivity index (χ0) is 21.7. The molecule has 158 valence electrons. The molecule has 1 unspecified atom stereocenters. The number of aryl methyl sites for hydroxylation is 2. The minimum Gasteiger partial charge on any atom is -0.480 e. The van der Waals surface area contributed by atoms with Crippen LogP contribution in [0.3, 0.4) is 0 Å². The molecular weight excluding hydrogens is 404 g/mol. The number of aromatic amines is 2. The van der Waals surface area contributed by atoms with Gasteiger partial charge in [0, 0.05) is 17.8 Å². The molecule has 9 heteroatoms. The summed E-state index contributed by atoms with van der Waals surface area (Å²) >= 11 is 1.53. The fraction of sp³-hybridized carbons (Fsp3) is 0.286. The van der Waals surface area contributed by atoms with Crippen LogP contribution in [0.1, 0.15) is 27.9 Å².